The van der Waals surface area contributed by atoms with Gasteiger partial charge in [-0.05, 0) is 27.7 Å². The summed E-state index contributed by atoms with van der Waals surface area (Å²) < 4.78 is 4.03. The van der Waals surface area contributed by atoms with Gasteiger partial charge in [-0.3, -0.25) is 4.68 Å². The van der Waals surface area contributed by atoms with E-state index in [1.165, 1.54) is 0 Å². The van der Waals surface area contributed by atoms with E-state index in [4.69, 9.17) is 16.6 Å². The van der Waals surface area contributed by atoms with Crippen molar-refractivity contribution in [2.75, 3.05) is 0 Å². The van der Waals surface area contributed by atoms with E-state index in [-0.39, 0.29) is 11.4 Å². The van der Waals surface area contributed by atoms with Crippen LogP contribution >= 0.6 is 22.9 Å². The number of hydrogen-bond acceptors (Lipinski definition) is 4. The second kappa shape index (κ2) is 5.10. The quantitative estimate of drug-likeness (QED) is 0.690. The van der Waals surface area contributed by atoms with Crippen LogP contribution in [0.15, 0.2) is 5.38 Å². The molecule has 0 aliphatic carbocycles. The van der Waals surface area contributed by atoms with Crippen molar-refractivity contribution < 1.29 is 0 Å². The second-order valence-corrected chi connectivity index (χ2v) is 6.88. The van der Waals surface area contributed by atoms with Crippen molar-refractivity contribution >= 4 is 34.1 Å². The zero-order chi connectivity index (χ0) is 15.3. The summed E-state index contributed by atoms with van der Waals surface area (Å²) in [7, 11) is 1.94. The van der Waals surface area contributed by atoms with Gasteiger partial charge in [-0.2, -0.15) is 5.10 Å². The lowest BCUT2D eigenvalue weighted by molar-refractivity contribution is 0.591. The van der Waals surface area contributed by atoms with Crippen molar-refractivity contribution in [2.24, 2.45) is 7.05 Å². The Hall–Kier alpha value is -1.40. The van der Waals surface area contributed by atoms with Gasteiger partial charge in [-0.1, -0.05) is 0 Å². The van der Waals surface area contributed by atoms with E-state index >= 15 is 0 Å². The summed E-state index contributed by atoms with van der Waals surface area (Å²) in [6.07, 6.45) is 0. The third kappa shape index (κ3) is 2.26. The Bertz CT molecular complexity index is 798. The molecule has 0 bridgehead atoms. The number of nitrogens with zero attached hydrogens (tertiary/aromatic N) is 5. The number of rotatable bonds is 3. The van der Waals surface area contributed by atoms with Crippen molar-refractivity contribution in [1.29, 1.82) is 0 Å². The highest BCUT2D eigenvalue weighted by molar-refractivity contribution is 7.09. The molecule has 3 rings (SSSR count). The van der Waals surface area contributed by atoms with E-state index in [9.17, 15) is 0 Å². The number of alkyl halides is 1. The molecule has 5 nitrogen and oxygen atoms in total. The molecular formula is C14H18ClN5S. The highest BCUT2D eigenvalue weighted by atomic mass is 35.5. The SMILES string of the molecule is Cc1csc(C(C)n2c(C(C)Cl)nc3c(C)nn(C)c32)n1. The number of aryl methyl sites for hydroxylation is 3. The predicted octanol–water partition coefficient (Wildman–Crippen LogP) is 3.75. The molecule has 21 heavy (non-hydrogen) atoms. The van der Waals surface area contributed by atoms with Crippen molar-refractivity contribution in [3.05, 3.63) is 27.6 Å². The maximum atomic E-state index is 6.35. The minimum Gasteiger partial charge on any atom is -0.302 e. The van der Waals surface area contributed by atoms with Crippen LogP contribution in [0.1, 0.15) is 47.5 Å². The van der Waals surface area contributed by atoms with Gasteiger partial charge in [0.1, 0.15) is 16.3 Å². The smallest absolute Gasteiger partial charge is 0.159 e. The van der Waals surface area contributed by atoms with E-state index in [1.54, 1.807) is 11.3 Å². The first-order chi connectivity index (χ1) is 9.90. The molecule has 0 N–H and O–H groups in total. The summed E-state index contributed by atoms with van der Waals surface area (Å²) in [4.78, 5) is 9.32. The standard InChI is InChI=1S/C14H18ClN5S/c1-7-6-21-13(16-7)10(4)20-12(8(2)15)17-11-9(3)18-19(5)14(11)20/h6,8,10H,1-5H3. The third-order valence-electron chi connectivity index (χ3n) is 3.60. The summed E-state index contributed by atoms with van der Waals surface area (Å²) in [6.45, 7) is 8.06. The van der Waals surface area contributed by atoms with E-state index in [0.29, 0.717) is 0 Å². The normalized spacial score (nSPS) is 14.8. The largest absolute Gasteiger partial charge is 0.302 e. The maximum absolute atomic E-state index is 6.35. The van der Waals surface area contributed by atoms with E-state index in [1.807, 2.05) is 32.5 Å². The van der Waals surface area contributed by atoms with Gasteiger partial charge in [0.2, 0.25) is 0 Å². The number of thiazole rings is 1. The van der Waals surface area contributed by atoms with Crippen LogP contribution in [0.5, 0.6) is 0 Å². The van der Waals surface area contributed by atoms with Crippen molar-refractivity contribution in [3.63, 3.8) is 0 Å². The van der Waals surface area contributed by atoms with Gasteiger partial charge in [-0.25, -0.2) is 9.97 Å². The first-order valence-corrected chi connectivity index (χ1v) is 8.19. The van der Waals surface area contributed by atoms with Gasteiger partial charge in [0.25, 0.3) is 0 Å². The van der Waals surface area contributed by atoms with Crippen molar-refractivity contribution in [2.45, 2.75) is 39.1 Å². The molecule has 0 aliphatic heterocycles. The fourth-order valence-corrected chi connectivity index (χ4v) is 3.65. The molecule has 0 spiro atoms. The van der Waals surface area contributed by atoms with Crippen molar-refractivity contribution in [3.8, 4) is 0 Å². The van der Waals surface area contributed by atoms with E-state index in [2.05, 4.69) is 27.0 Å². The van der Waals surface area contributed by atoms with Gasteiger partial charge < -0.3 is 4.57 Å². The van der Waals surface area contributed by atoms with Crippen LogP contribution in [0.2, 0.25) is 0 Å². The molecule has 3 heterocycles. The molecule has 2 atom stereocenters. The number of aromatic nitrogens is 5. The van der Waals surface area contributed by atoms with Crippen LogP contribution in [0.25, 0.3) is 11.2 Å². The molecule has 0 aliphatic rings. The Morgan fingerprint density at radius 1 is 1.24 bits per heavy atom. The average molecular weight is 324 g/mol. The molecule has 3 aromatic rings. The highest BCUT2D eigenvalue weighted by Gasteiger charge is 2.25. The summed E-state index contributed by atoms with van der Waals surface area (Å²) in [5, 5.41) is 7.43. The minimum absolute atomic E-state index is 0.0831. The molecular weight excluding hydrogens is 306 g/mol. The highest BCUT2D eigenvalue weighted by Crippen LogP contribution is 2.32. The van der Waals surface area contributed by atoms with Crippen LogP contribution in [0.3, 0.4) is 0 Å². The fourth-order valence-electron chi connectivity index (χ4n) is 2.65. The average Bonchev–Trinajstić information content (AvgIpc) is 3.06. The Kier molecular flexibility index (Phi) is 3.53. The molecule has 7 heteroatoms. The molecule has 2 unspecified atom stereocenters. The summed E-state index contributed by atoms with van der Waals surface area (Å²) in [6, 6.07) is 0.0831. The number of fused-ring (bicyclic) bond motifs is 1. The van der Waals surface area contributed by atoms with E-state index < -0.39 is 0 Å². The molecule has 3 aromatic heterocycles. The molecule has 0 fully saturated rings. The monoisotopic (exact) mass is 323 g/mol. The van der Waals surface area contributed by atoms with Gasteiger partial charge in [0, 0.05) is 18.1 Å². The van der Waals surface area contributed by atoms with E-state index in [0.717, 1.165) is 33.4 Å². The third-order valence-corrected chi connectivity index (χ3v) is 4.93. The lowest BCUT2D eigenvalue weighted by atomic mass is 10.3. The van der Waals surface area contributed by atoms with Crippen molar-refractivity contribution in [1.82, 2.24) is 24.3 Å². The van der Waals surface area contributed by atoms with Gasteiger partial charge in [0.15, 0.2) is 5.65 Å². The van der Waals surface area contributed by atoms with Crippen LogP contribution in [0.4, 0.5) is 0 Å². The summed E-state index contributed by atoms with van der Waals surface area (Å²) in [5.41, 5.74) is 3.88. The number of hydrogen-bond donors (Lipinski definition) is 0. The zero-order valence-corrected chi connectivity index (χ0v) is 14.3. The van der Waals surface area contributed by atoms with Crippen LogP contribution in [-0.4, -0.2) is 24.3 Å². The summed E-state index contributed by atoms with van der Waals surface area (Å²) >= 11 is 8.01. The molecule has 0 aromatic carbocycles. The fraction of sp³-hybridized carbons (Fsp3) is 0.500. The lowest BCUT2D eigenvalue weighted by Crippen LogP contribution is -2.13. The Morgan fingerprint density at radius 3 is 2.52 bits per heavy atom. The van der Waals surface area contributed by atoms with Gasteiger partial charge in [-0.15, -0.1) is 22.9 Å². The topological polar surface area (TPSA) is 48.5 Å². The summed E-state index contributed by atoms with van der Waals surface area (Å²) in [5.74, 6) is 0.864. The number of halogens is 1. The first kappa shape index (κ1) is 14.5. The Balaban J connectivity index is 2.26. The van der Waals surface area contributed by atoms with Gasteiger partial charge in [0.05, 0.1) is 17.1 Å². The molecule has 0 radical (unpaired) electrons. The second-order valence-electron chi connectivity index (χ2n) is 5.34. The molecule has 0 amide bonds. The molecule has 0 saturated heterocycles. The minimum atomic E-state index is -0.166. The maximum Gasteiger partial charge on any atom is 0.159 e. The Morgan fingerprint density at radius 2 is 1.95 bits per heavy atom. The van der Waals surface area contributed by atoms with Crippen LogP contribution in [0, 0.1) is 13.8 Å². The molecule has 0 saturated carbocycles. The predicted molar refractivity (Wildman–Crippen MR) is 86.2 cm³/mol. The first-order valence-electron chi connectivity index (χ1n) is 6.87. The number of imidazole rings is 1. The van der Waals surface area contributed by atoms with Crippen LogP contribution in [-0.2, 0) is 7.05 Å². The zero-order valence-electron chi connectivity index (χ0n) is 12.8. The Labute approximate surface area is 132 Å². The molecule has 112 valence electrons. The van der Waals surface area contributed by atoms with Crippen LogP contribution < -0.4 is 0 Å². The lowest BCUT2D eigenvalue weighted by Gasteiger charge is -2.16. The van der Waals surface area contributed by atoms with Gasteiger partial charge >= 0.3 is 0 Å².